The van der Waals surface area contributed by atoms with E-state index in [2.05, 4.69) is 15.3 Å². The monoisotopic (exact) mass is 210 g/mol. The van der Waals surface area contributed by atoms with E-state index in [-0.39, 0.29) is 12.3 Å². The lowest BCUT2D eigenvalue weighted by Gasteiger charge is -2.09. The Hall–Kier alpha value is -1.46. The van der Waals surface area contributed by atoms with Crippen molar-refractivity contribution >= 4 is 5.91 Å². The molecule has 82 valence electrons. The number of carbonyl (C=O) groups excluding carboxylic acids is 1. The summed E-state index contributed by atoms with van der Waals surface area (Å²) in [7, 11) is 1.35. The molecule has 1 heterocycles. The Kier molecular flexibility index (Phi) is 4.73. The van der Waals surface area contributed by atoms with Gasteiger partial charge in [-0.2, -0.15) is 0 Å². The van der Waals surface area contributed by atoms with Crippen LogP contribution >= 0.6 is 0 Å². The molecule has 1 aromatic rings. The van der Waals surface area contributed by atoms with E-state index in [1.165, 1.54) is 7.11 Å². The summed E-state index contributed by atoms with van der Waals surface area (Å²) in [5.74, 6) is -0.339. The van der Waals surface area contributed by atoms with Crippen molar-refractivity contribution in [2.75, 3.05) is 7.11 Å². The summed E-state index contributed by atoms with van der Waals surface area (Å²) in [4.78, 5) is 19.4. The maximum Gasteiger partial charge on any atom is 0.246 e. The molecule has 0 aromatic carbocycles. The van der Waals surface area contributed by atoms with E-state index >= 15 is 0 Å². The average Bonchev–Trinajstić information content (AvgIpc) is 2.19. The second kappa shape index (κ2) is 6.10. The number of aliphatic hydroxyl groups is 1. The highest BCUT2D eigenvalue weighted by Crippen LogP contribution is 2.03. The molecule has 0 bridgehead atoms. The van der Waals surface area contributed by atoms with Crippen LogP contribution in [0.4, 0.5) is 0 Å². The third-order valence-electron chi connectivity index (χ3n) is 1.83. The Morgan fingerprint density at radius 2 is 2.53 bits per heavy atom. The number of pyridine rings is 1. The molecule has 0 saturated carbocycles. The molecule has 0 spiro atoms. The number of nitrogens with zero attached hydrogens (tertiary/aromatic N) is 1. The van der Waals surface area contributed by atoms with Gasteiger partial charge < -0.3 is 5.11 Å². The first-order valence-electron chi connectivity index (χ1n) is 4.61. The molecule has 5 heteroatoms. The van der Waals surface area contributed by atoms with Gasteiger partial charge in [0.1, 0.15) is 0 Å². The maximum absolute atomic E-state index is 11.0. The smallest absolute Gasteiger partial charge is 0.246 e. The van der Waals surface area contributed by atoms with Crippen LogP contribution < -0.4 is 5.48 Å². The number of hydroxylamine groups is 1. The third-order valence-corrected chi connectivity index (χ3v) is 1.83. The van der Waals surface area contributed by atoms with Crippen molar-refractivity contribution in [3.05, 3.63) is 30.1 Å². The summed E-state index contributed by atoms with van der Waals surface area (Å²) in [5.41, 5.74) is 3.05. The number of hydrogen-bond donors (Lipinski definition) is 2. The van der Waals surface area contributed by atoms with Gasteiger partial charge in [0, 0.05) is 18.8 Å². The van der Waals surface area contributed by atoms with Crippen molar-refractivity contribution in [2.45, 2.75) is 18.9 Å². The first kappa shape index (κ1) is 11.6. The van der Waals surface area contributed by atoms with E-state index in [4.69, 9.17) is 0 Å². The van der Waals surface area contributed by atoms with Gasteiger partial charge in [0.25, 0.3) is 0 Å². The van der Waals surface area contributed by atoms with Gasteiger partial charge in [0.2, 0.25) is 5.91 Å². The Labute approximate surface area is 88.0 Å². The first-order chi connectivity index (χ1) is 7.22. The van der Waals surface area contributed by atoms with Crippen molar-refractivity contribution in [1.29, 1.82) is 0 Å². The second-order valence-electron chi connectivity index (χ2n) is 3.15. The molecule has 2 N–H and O–H groups in total. The van der Waals surface area contributed by atoms with Crippen LogP contribution in [0.3, 0.4) is 0 Å². The van der Waals surface area contributed by atoms with Gasteiger partial charge in [-0.15, -0.1) is 0 Å². The maximum atomic E-state index is 11.0. The molecule has 0 aliphatic carbocycles. The predicted molar refractivity (Wildman–Crippen MR) is 53.7 cm³/mol. The van der Waals surface area contributed by atoms with Crippen molar-refractivity contribution in [2.24, 2.45) is 0 Å². The minimum absolute atomic E-state index is 0.0166. The van der Waals surface area contributed by atoms with Crippen molar-refractivity contribution in [3.63, 3.8) is 0 Å². The molecule has 1 aromatic heterocycles. The number of hydrogen-bond acceptors (Lipinski definition) is 4. The molecule has 0 aliphatic rings. The van der Waals surface area contributed by atoms with Crippen LogP contribution in [0.25, 0.3) is 0 Å². The fraction of sp³-hybridized carbons (Fsp3) is 0.400. The number of aliphatic hydroxyl groups excluding tert-OH is 1. The number of amides is 1. The average molecular weight is 210 g/mol. The highest BCUT2D eigenvalue weighted by Gasteiger charge is 2.11. The fourth-order valence-corrected chi connectivity index (χ4v) is 1.23. The Morgan fingerprint density at radius 3 is 3.13 bits per heavy atom. The minimum Gasteiger partial charge on any atom is -0.392 e. The highest BCUT2D eigenvalue weighted by molar-refractivity contribution is 5.75. The lowest BCUT2D eigenvalue weighted by atomic mass is 10.1. The van der Waals surface area contributed by atoms with Gasteiger partial charge in [0.05, 0.1) is 19.6 Å². The first-order valence-corrected chi connectivity index (χ1v) is 4.61. The Morgan fingerprint density at radius 1 is 1.73 bits per heavy atom. The van der Waals surface area contributed by atoms with Gasteiger partial charge >= 0.3 is 0 Å². The zero-order valence-electron chi connectivity index (χ0n) is 8.51. The minimum atomic E-state index is -0.718. The van der Waals surface area contributed by atoms with Crippen molar-refractivity contribution in [3.8, 4) is 0 Å². The molecular formula is C10H14N2O3. The second-order valence-corrected chi connectivity index (χ2v) is 3.15. The largest absolute Gasteiger partial charge is 0.392 e. The summed E-state index contributed by atoms with van der Waals surface area (Å²) >= 11 is 0. The molecule has 1 unspecified atom stereocenters. The Bertz CT molecular complexity index is 303. The summed E-state index contributed by atoms with van der Waals surface area (Å²) < 4.78 is 0. The van der Waals surface area contributed by atoms with E-state index in [0.29, 0.717) is 6.42 Å². The number of rotatable bonds is 5. The van der Waals surface area contributed by atoms with Gasteiger partial charge in [-0.3, -0.25) is 14.6 Å². The van der Waals surface area contributed by atoms with Gasteiger partial charge in [-0.1, -0.05) is 6.07 Å². The lowest BCUT2D eigenvalue weighted by molar-refractivity contribution is -0.133. The topological polar surface area (TPSA) is 71.5 Å². The molecule has 1 atom stereocenters. The molecule has 15 heavy (non-hydrogen) atoms. The third kappa shape index (κ3) is 4.53. The van der Waals surface area contributed by atoms with E-state index in [1.807, 2.05) is 6.07 Å². The summed E-state index contributed by atoms with van der Waals surface area (Å²) in [6.07, 6.45) is 3.03. The zero-order valence-corrected chi connectivity index (χ0v) is 8.51. The van der Waals surface area contributed by atoms with E-state index < -0.39 is 6.10 Å². The van der Waals surface area contributed by atoms with E-state index in [9.17, 15) is 9.90 Å². The number of carbonyl (C=O) groups is 1. The normalized spacial score (nSPS) is 12.1. The predicted octanol–water partition coefficient (Wildman–Crippen LogP) is 0.0527. The molecule has 1 amide bonds. The molecule has 0 saturated heterocycles. The molecule has 0 aliphatic heterocycles. The van der Waals surface area contributed by atoms with Gasteiger partial charge in [-0.25, -0.2) is 5.48 Å². The molecule has 0 fully saturated rings. The van der Waals surface area contributed by atoms with Crippen LogP contribution in [0.15, 0.2) is 24.5 Å². The van der Waals surface area contributed by atoms with Crippen LogP contribution in [0.1, 0.15) is 12.0 Å². The molecular weight excluding hydrogens is 196 g/mol. The van der Waals surface area contributed by atoms with Crippen molar-refractivity contribution in [1.82, 2.24) is 10.5 Å². The van der Waals surface area contributed by atoms with Crippen LogP contribution in [0, 0.1) is 0 Å². The highest BCUT2D eigenvalue weighted by atomic mass is 16.6. The summed E-state index contributed by atoms with van der Waals surface area (Å²) in [6.45, 7) is 0. The lowest BCUT2D eigenvalue weighted by Crippen LogP contribution is -2.27. The number of aromatic nitrogens is 1. The quantitative estimate of drug-likeness (QED) is 0.674. The van der Waals surface area contributed by atoms with Crippen LogP contribution in [0.5, 0.6) is 0 Å². The Balaban J connectivity index is 2.36. The molecule has 0 radical (unpaired) electrons. The van der Waals surface area contributed by atoms with Gasteiger partial charge in [0.15, 0.2) is 0 Å². The molecule has 1 rings (SSSR count). The fourth-order valence-electron chi connectivity index (χ4n) is 1.23. The van der Waals surface area contributed by atoms with Crippen LogP contribution in [-0.2, 0) is 16.1 Å². The SMILES string of the molecule is CONC(=O)CC(O)Cc1cccnc1. The summed E-state index contributed by atoms with van der Waals surface area (Å²) in [6, 6.07) is 3.64. The van der Waals surface area contributed by atoms with Crippen LogP contribution in [0.2, 0.25) is 0 Å². The summed E-state index contributed by atoms with van der Waals surface area (Å²) in [5, 5.41) is 9.56. The molecule has 5 nitrogen and oxygen atoms in total. The zero-order chi connectivity index (χ0) is 11.1. The van der Waals surface area contributed by atoms with Crippen LogP contribution in [-0.4, -0.2) is 29.2 Å². The van der Waals surface area contributed by atoms with Gasteiger partial charge in [-0.05, 0) is 11.6 Å². The number of nitrogens with one attached hydrogen (secondary N) is 1. The van der Waals surface area contributed by atoms with Crippen molar-refractivity contribution < 1.29 is 14.7 Å². The standard InChI is InChI=1S/C10H14N2O3/c1-15-12-10(14)6-9(13)5-8-3-2-4-11-7-8/h2-4,7,9,13H,5-6H2,1H3,(H,12,14). The van der Waals surface area contributed by atoms with E-state index in [0.717, 1.165) is 5.56 Å². The van der Waals surface area contributed by atoms with E-state index in [1.54, 1.807) is 18.5 Å².